The Labute approximate surface area is 174 Å². The monoisotopic (exact) mass is 406 g/mol. The molecule has 0 spiro atoms. The summed E-state index contributed by atoms with van der Waals surface area (Å²) in [6.07, 6.45) is 2.82. The van der Waals surface area contributed by atoms with Gasteiger partial charge in [0.2, 0.25) is 0 Å². The lowest BCUT2D eigenvalue weighted by atomic mass is 9.87. The zero-order chi connectivity index (χ0) is 21.3. The minimum absolute atomic E-state index is 0.0580. The van der Waals surface area contributed by atoms with Gasteiger partial charge < -0.3 is 9.64 Å². The minimum Gasteiger partial charge on any atom is -0.454 e. The molecule has 2 aromatic rings. The van der Waals surface area contributed by atoms with Gasteiger partial charge in [0.1, 0.15) is 6.54 Å². The Morgan fingerprint density at radius 2 is 1.67 bits per heavy atom. The molecule has 1 unspecified atom stereocenters. The van der Waals surface area contributed by atoms with Crippen molar-refractivity contribution >= 4 is 23.7 Å². The number of likely N-dealkylation sites (N-methyl/N-ethyl adjacent to an activating group) is 1. The first-order chi connectivity index (χ1) is 14.5. The quantitative estimate of drug-likeness (QED) is 0.562. The van der Waals surface area contributed by atoms with Gasteiger partial charge in [-0.25, -0.2) is 0 Å². The van der Waals surface area contributed by atoms with Crippen molar-refractivity contribution in [2.24, 2.45) is 0 Å². The van der Waals surface area contributed by atoms with Gasteiger partial charge in [0.05, 0.1) is 17.2 Å². The third-order valence-corrected chi connectivity index (χ3v) is 5.72. The van der Waals surface area contributed by atoms with E-state index in [9.17, 15) is 19.2 Å². The molecule has 0 fully saturated rings. The predicted molar refractivity (Wildman–Crippen MR) is 108 cm³/mol. The smallest absolute Gasteiger partial charge is 0.326 e. The number of imide groups is 1. The Balaban J connectivity index is 1.34. The van der Waals surface area contributed by atoms with Gasteiger partial charge in [0.15, 0.2) is 6.61 Å². The Bertz CT molecular complexity index is 997. The first kappa shape index (κ1) is 19.8. The highest BCUT2D eigenvalue weighted by atomic mass is 16.5. The van der Waals surface area contributed by atoms with Gasteiger partial charge in [-0.3, -0.25) is 24.1 Å². The third kappa shape index (κ3) is 3.58. The fraction of sp³-hybridized carbons (Fsp3) is 0.304. The van der Waals surface area contributed by atoms with Gasteiger partial charge in [0, 0.05) is 7.05 Å². The van der Waals surface area contributed by atoms with Gasteiger partial charge >= 0.3 is 5.97 Å². The first-order valence-corrected chi connectivity index (χ1v) is 9.91. The van der Waals surface area contributed by atoms with Gasteiger partial charge in [-0.15, -0.1) is 0 Å². The molecular weight excluding hydrogens is 384 g/mol. The number of fused-ring (bicyclic) bond motifs is 2. The molecule has 1 aliphatic heterocycles. The number of nitrogens with zero attached hydrogens (tertiary/aromatic N) is 2. The van der Waals surface area contributed by atoms with Crippen LogP contribution < -0.4 is 0 Å². The van der Waals surface area contributed by atoms with E-state index in [4.69, 9.17) is 4.74 Å². The molecule has 154 valence electrons. The molecule has 0 aromatic heterocycles. The molecule has 1 atom stereocenters. The standard InChI is InChI=1S/C23H22N2O5/c1-24(19-12-6-8-15-7-2-3-9-16(15)19)20(26)14-30-21(27)13-25-22(28)17-10-4-5-11-18(17)23(25)29/h2-5,7,9-11,19H,6,8,12-14H2,1H3. The van der Waals surface area contributed by atoms with E-state index in [1.165, 1.54) is 5.56 Å². The van der Waals surface area contributed by atoms with Crippen LogP contribution in [0.2, 0.25) is 0 Å². The number of hydrogen-bond donors (Lipinski definition) is 0. The molecular formula is C23H22N2O5. The number of carbonyl (C=O) groups excluding carboxylic acids is 4. The number of ether oxygens (including phenoxy) is 1. The normalized spacial score (nSPS) is 17.4. The summed E-state index contributed by atoms with van der Waals surface area (Å²) in [4.78, 5) is 51.9. The maximum atomic E-state index is 12.6. The van der Waals surface area contributed by atoms with Gasteiger partial charge in [-0.2, -0.15) is 0 Å². The van der Waals surface area contributed by atoms with Crippen molar-refractivity contribution in [2.75, 3.05) is 20.2 Å². The van der Waals surface area contributed by atoms with E-state index < -0.39 is 30.9 Å². The SMILES string of the molecule is CN(C(=O)COC(=O)CN1C(=O)c2ccccc2C1=O)C1CCCc2ccccc21. The summed E-state index contributed by atoms with van der Waals surface area (Å²) < 4.78 is 5.08. The Morgan fingerprint density at radius 1 is 1.03 bits per heavy atom. The molecule has 0 bridgehead atoms. The maximum absolute atomic E-state index is 12.6. The van der Waals surface area contributed by atoms with Crippen LogP contribution in [0.4, 0.5) is 0 Å². The number of carbonyl (C=O) groups is 4. The summed E-state index contributed by atoms with van der Waals surface area (Å²) in [7, 11) is 1.70. The molecule has 2 aromatic carbocycles. The number of esters is 1. The van der Waals surface area contributed by atoms with Crippen molar-refractivity contribution in [1.82, 2.24) is 9.80 Å². The summed E-state index contributed by atoms with van der Waals surface area (Å²) in [5, 5.41) is 0. The Morgan fingerprint density at radius 3 is 2.37 bits per heavy atom. The van der Waals surface area contributed by atoms with Crippen molar-refractivity contribution in [3.8, 4) is 0 Å². The van der Waals surface area contributed by atoms with Crippen LogP contribution in [0, 0.1) is 0 Å². The summed E-state index contributed by atoms with van der Waals surface area (Å²) in [5.74, 6) is -2.19. The second-order valence-corrected chi connectivity index (χ2v) is 7.51. The van der Waals surface area contributed by atoms with E-state index in [-0.39, 0.29) is 23.1 Å². The highest BCUT2D eigenvalue weighted by molar-refractivity contribution is 6.22. The molecule has 1 aliphatic carbocycles. The van der Waals surface area contributed by atoms with E-state index in [2.05, 4.69) is 6.07 Å². The van der Waals surface area contributed by atoms with Gasteiger partial charge in [-0.1, -0.05) is 36.4 Å². The number of aryl methyl sites for hydroxylation is 1. The van der Waals surface area contributed by atoms with Crippen LogP contribution in [0.5, 0.6) is 0 Å². The average Bonchev–Trinajstić information content (AvgIpc) is 3.01. The number of benzene rings is 2. The topological polar surface area (TPSA) is 84.0 Å². The predicted octanol–water partition coefficient (Wildman–Crippen LogP) is 2.36. The molecule has 7 nitrogen and oxygen atoms in total. The second kappa shape index (κ2) is 8.10. The van der Waals surface area contributed by atoms with Gasteiger partial charge in [-0.05, 0) is 42.5 Å². The second-order valence-electron chi connectivity index (χ2n) is 7.51. The number of hydrogen-bond acceptors (Lipinski definition) is 5. The molecule has 0 saturated heterocycles. The van der Waals surface area contributed by atoms with Crippen LogP contribution in [0.15, 0.2) is 48.5 Å². The molecule has 4 rings (SSSR count). The van der Waals surface area contributed by atoms with Crippen LogP contribution in [0.25, 0.3) is 0 Å². The summed E-state index contributed by atoms with van der Waals surface area (Å²) in [6.45, 7) is -0.952. The Kier molecular flexibility index (Phi) is 5.35. The van der Waals surface area contributed by atoms with Crippen LogP contribution in [-0.4, -0.2) is 53.7 Å². The molecule has 30 heavy (non-hydrogen) atoms. The van der Waals surface area contributed by atoms with Crippen molar-refractivity contribution in [3.05, 3.63) is 70.8 Å². The lowest BCUT2D eigenvalue weighted by molar-refractivity contribution is -0.152. The van der Waals surface area contributed by atoms with Crippen molar-refractivity contribution < 1.29 is 23.9 Å². The average molecular weight is 406 g/mol. The van der Waals surface area contributed by atoms with Crippen LogP contribution in [0.1, 0.15) is 50.7 Å². The molecule has 1 heterocycles. The number of rotatable bonds is 5. The lowest BCUT2D eigenvalue weighted by Gasteiger charge is -2.33. The fourth-order valence-corrected chi connectivity index (χ4v) is 4.11. The molecule has 0 N–H and O–H groups in total. The van der Waals surface area contributed by atoms with E-state index in [0.29, 0.717) is 0 Å². The molecule has 3 amide bonds. The molecule has 2 aliphatic rings. The highest BCUT2D eigenvalue weighted by Crippen LogP contribution is 2.33. The summed E-state index contributed by atoms with van der Waals surface area (Å²) in [6, 6.07) is 14.4. The molecule has 0 radical (unpaired) electrons. The molecule has 0 saturated carbocycles. The van der Waals surface area contributed by atoms with Crippen molar-refractivity contribution in [1.29, 1.82) is 0 Å². The largest absolute Gasteiger partial charge is 0.454 e. The van der Waals surface area contributed by atoms with Gasteiger partial charge in [0.25, 0.3) is 17.7 Å². The maximum Gasteiger partial charge on any atom is 0.326 e. The van der Waals surface area contributed by atoms with Crippen molar-refractivity contribution in [2.45, 2.75) is 25.3 Å². The van der Waals surface area contributed by atoms with Crippen LogP contribution in [-0.2, 0) is 20.7 Å². The van der Waals surface area contributed by atoms with Crippen LogP contribution in [0.3, 0.4) is 0 Å². The lowest BCUT2D eigenvalue weighted by Crippen LogP contribution is -2.39. The van der Waals surface area contributed by atoms with Crippen molar-refractivity contribution in [3.63, 3.8) is 0 Å². The summed E-state index contributed by atoms with van der Waals surface area (Å²) >= 11 is 0. The Hall–Kier alpha value is -3.48. The van der Waals surface area contributed by atoms with E-state index in [1.807, 2.05) is 18.2 Å². The zero-order valence-corrected chi connectivity index (χ0v) is 16.7. The van der Waals surface area contributed by atoms with Crippen LogP contribution >= 0.6 is 0 Å². The third-order valence-electron chi connectivity index (χ3n) is 5.72. The van der Waals surface area contributed by atoms with E-state index >= 15 is 0 Å². The first-order valence-electron chi connectivity index (χ1n) is 9.91. The minimum atomic E-state index is -0.796. The molecule has 7 heteroatoms. The summed E-state index contributed by atoms with van der Waals surface area (Å²) in [5.41, 5.74) is 2.89. The number of amides is 3. The van der Waals surface area contributed by atoms with E-state index in [0.717, 1.165) is 29.7 Å². The fourth-order valence-electron chi connectivity index (χ4n) is 4.11. The van der Waals surface area contributed by atoms with E-state index in [1.54, 1.807) is 36.2 Å². The zero-order valence-electron chi connectivity index (χ0n) is 16.7. The highest BCUT2D eigenvalue weighted by Gasteiger charge is 2.36.